The fourth-order valence-corrected chi connectivity index (χ4v) is 4.35. The fourth-order valence-electron chi connectivity index (χ4n) is 4.35. The Balaban J connectivity index is 1.83. The van der Waals surface area contributed by atoms with Gasteiger partial charge in [0.2, 0.25) is 0 Å². The summed E-state index contributed by atoms with van der Waals surface area (Å²) in [4.78, 5) is 16.7. The summed E-state index contributed by atoms with van der Waals surface area (Å²) < 4.78 is 4.94. The summed E-state index contributed by atoms with van der Waals surface area (Å²) in [6.45, 7) is 6.15. The third kappa shape index (κ3) is 4.42. The van der Waals surface area contributed by atoms with Crippen LogP contribution in [0.15, 0.2) is 36.4 Å². The van der Waals surface area contributed by atoms with Crippen LogP contribution >= 0.6 is 0 Å². The van der Waals surface area contributed by atoms with Gasteiger partial charge in [-0.2, -0.15) is 5.26 Å². The number of nitriles is 1. The fraction of sp³-hybridized carbons (Fsp3) is 0.417. The van der Waals surface area contributed by atoms with Crippen molar-refractivity contribution in [1.82, 2.24) is 0 Å². The normalized spacial score (nSPS) is 14.3. The number of hydrogen-bond acceptors (Lipinski definition) is 6. The zero-order valence-corrected chi connectivity index (χ0v) is 17.9. The molecule has 0 unspecified atom stereocenters. The summed E-state index contributed by atoms with van der Waals surface area (Å²) in [6.07, 6.45) is 1.81. The zero-order valence-electron chi connectivity index (χ0n) is 17.9. The molecular weight excluding hydrogens is 378 g/mol. The molecule has 0 spiro atoms. The van der Waals surface area contributed by atoms with Crippen LogP contribution in [0.5, 0.6) is 0 Å². The van der Waals surface area contributed by atoms with Crippen LogP contribution in [0.1, 0.15) is 39.9 Å². The molecule has 30 heavy (non-hydrogen) atoms. The van der Waals surface area contributed by atoms with Crippen molar-refractivity contribution < 1.29 is 14.6 Å². The standard InChI is InChI=1S/C24H29N3O3/c1-17-14-18(2)23(15-21(17)24(29)30-3)27(12-13-28)20-8-10-26(11-9-20)22-7-5-4-6-19(22)16-25/h4-7,14-15,20,28H,8-13H2,1-3H3. The van der Waals surface area contributed by atoms with Crippen LogP contribution in [-0.2, 0) is 4.74 Å². The van der Waals surface area contributed by atoms with Crippen molar-refractivity contribution in [3.63, 3.8) is 0 Å². The van der Waals surface area contributed by atoms with Gasteiger partial charge in [-0.1, -0.05) is 18.2 Å². The number of anilines is 2. The summed E-state index contributed by atoms with van der Waals surface area (Å²) in [7, 11) is 1.39. The van der Waals surface area contributed by atoms with Crippen LogP contribution in [0.2, 0.25) is 0 Å². The van der Waals surface area contributed by atoms with Crippen molar-refractivity contribution in [3.05, 3.63) is 58.7 Å². The number of nitrogens with zero attached hydrogens (tertiary/aromatic N) is 3. The monoisotopic (exact) mass is 407 g/mol. The molecule has 0 bridgehead atoms. The third-order valence-corrected chi connectivity index (χ3v) is 5.87. The minimum atomic E-state index is -0.347. The van der Waals surface area contributed by atoms with E-state index in [4.69, 9.17) is 4.74 Å². The molecule has 3 rings (SSSR count). The number of piperidine rings is 1. The Morgan fingerprint density at radius 3 is 2.57 bits per heavy atom. The second kappa shape index (κ2) is 9.64. The number of benzene rings is 2. The quantitative estimate of drug-likeness (QED) is 0.740. The highest BCUT2D eigenvalue weighted by Crippen LogP contribution is 2.31. The second-order valence-electron chi connectivity index (χ2n) is 7.71. The minimum Gasteiger partial charge on any atom is -0.465 e. The molecule has 2 aromatic carbocycles. The summed E-state index contributed by atoms with van der Waals surface area (Å²) in [5, 5.41) is 19.1. The first-order valence-corrected chi connectivity index (χ1v) is 10.3. The van der Waals surface area contributed by atoms with Crippen LogP contribution in [-0.4, -0.2) is 50.5 Å². The first-order chi connectivity index (χ1) is 14.5. The number of ether oxygens (including phenoxy) is 1. The van der Waals surface area contributed by atoms with Gasteiger partial charge in [0.15, 0.2) is 0 Å². The van der Waals surface area contributed by atoms with E-state index >= 15 is 0 Å². The van der Waals surface area contributed by atoms with Gasteiger partial charge in [-0.05, 0) is 56.0 Å². The van der Waals surface area contributed by atoms with Gasteiger partial charge in [0.05, 0.1) is 30.5 Å². The Hall–Kier alpha value is -3.04. The first kappa shape index (κ1) is 21.7. The molecule has 1 aliphatic heterocycles. The molecule has 2 aromatic rings. The molecule has 158 valence electrons. The van der Waals surface area contributed by atoms with Gasteiger partial charge >= 0.3 is 5.97 Å². The molecule has 0 aliphatic carbocycles. The molecule has 0 atom stereocenters. The van der Waals surface area contributed by atoms with Crippen LogP contribution in [0.25, 0.3) is 0 Å². The van der Waals surface area contributed by atoms with Crippen molar-refractivity contribution in [2.75, 3.05) is 43.2 Å². The van der Waals surface area contributed by atoms with Gasteiger partial charge in [-0.25, -0.2) is 4.79 Å². The maximum atomic E-state index is 12.2. The summed E-state index contributed by atoms with van der Waals surface area (Å²) >= 11 is 0. The number of aliphatic hydroxyl groups excluding tert-OH is 1. The zero-order chi connectivity index (χ0) is 21.7. The van der Waals surface area contributed by atoms with E-state index in [0.29, 0.717) is 17.7 Å². The van der Waals surface area contributed by atoms with Crippen molar-refractivity contribution in [2.45, 2.75) is 32.7 Å². The van der Waals surface area contributed by atoms with Gasteiger partial charge in [0.1, 0.15) is 6.07 Å². The molecule has 1 saturated heterocycles. The van der Waals surface area contributed by atoms with E-state index in [0.717, 1.165) is 48.4 Å². The molecule has 0 radical (unpaired) electrons. The largest absolute Gasteiger partial charge is 0.465 e. The molecule has 1 aliphatic rings. The van der Waals surface area contributed by atoms with E-state index in [1.807, 2.05) is 50.2 Å². The molecule has 6 heteroatoms. The lowest BCUT2D eigenvalue weighted by Crippen LogP contribution is -2.46. The number of methoxy groups -OCH3 is 1. The van der Waals surface area contributed by atoms with Gasteiger partial charge < -0.3 is 19.6 Å². The highest BCUT2D eigenvalue weighted by Gasteiger charge is 2.27. The molecule has 0 aromatic heterocycles. The number of para-hydroxylation sites is 1. The summed E-state index contributed by atoms with van der Waals surface area (Å²) in [5.74, 6) is -0.347. The number of esters is 1. The van der Waals surface area contributed by atoms with Crippen molar-refractivity contribution in [3.8, 4) is 6.07 Å². The lowest BCUT2D eigenvalue weighted by Gasteiger charge is -2.41. The second-order valence-corrected chi connectivity index (χ2v) is 7.71. The highest BCUT2D eigenvalue weighted by atomic mass is 16.5. The molecular formula is C24H29N3O3. The SMILES string of the molecule is COC(=O)c1cc(N(CCO)C2CCN(c3ccccc3C#N)CC2)c(C)cc1C. The van der Waals surface area contributed by atoms with Crippen molar-refractivity contribution >= 4 is 17.3 Å². The number of carbonyl (C=O) groups excluding carboxylic acids is 1. The molecule has 1 heterocycles. The number of carbonyl (C=O) groups is 1. The summed E-state index contributed by atoms with van der Waals surface area (Å²) in [6, 6.07) is 14.1. The molecule has 1 fully saturated rings. The van der Waals surface area contributed by atoms with Crippen molar-refractivity contribution in [2.24, 2.45) is 0 Å². The topological polar surface area (TPSA) is 76.8 Å². The number of aliphatic hydroxyl groups is 1. The molecule has 0 amide bonds. The molecule has 1 N–H and O–H groups in total. The Kier molecular flexibility index (Phi) is 6.96. The van der Waals surface area contributed by atoms with E-state index in [1.54, 1.807) is 0 Å². The molecule has 6 nitrogen and oxygen atoms in total. The lowest BCUT2D eigenvalue weighted by atomic mass is 9.97. The smallest absolute Gasteiger partial charge is 0.338 e. The van der Waals surface area contributed by atoms with E-state index < -0.39 is 0 Å². The van der Waals surface area contributed by atoms with Gasteiger partial charge in [0.25, 0.3) is 0 Å². The number of hydrogen-bond donors (Lipinski definition) is 1. The Morgan fingerprint density at radius 1 is 1.23 bits per heavy atom. The van der Waals surface area contributed by atoms with Crippen LogP contribution in [0, 0.1) is 25.2 Å². The average Bonchev–Trinajstić information content (AvgIpc) is 2.77. The maximum Gasteiger partial charge on any atom is 0.338 e. The number of aryl methyl sites for hydroxylation is 2. The Morgan fingerprint density at radius 2 is 1.93 bits per heavy atom. The van der Waals surface area contributed by atoms with Crippen molar-refractivity contribution in [1.29, 1.82) is 5.26 Å². The van der Waals surface area contributed by atoms with E-state index in [1.165, 1.54) is 7.11 Å². The highest BCUT2D eigenvalue weighted by molar-refractivity contribution is 5.92. The van der Waals surface area contributed by atoms with Crippen LogP contribution < -0.4 is 9.80 Å². The lowest BCUT2D eigenvalue weighted by molar-refractivity contribution is 0.0600. The van der Waals surface area contributed by atoms with Gasteiger partial charge in [-0.15, -0.1) is 0 Å². The molecule has 0 saturated carbocycles. The number of rotatable bonds is 6. The Labute approximate surface area is 178 Å². The van der Waals surface area contributed by atoms with Gasteiger partial charge in [0, 0.05) is 31.4 Å². The predicted octanol–water partition coefficient (Wildman–Crippen LogP) is 3.43. The van der Waals surface area contributed by atoms with Crippen LogP contribution in [0.4, 0.5) is 11.4 Å². The van der Waals surface area contributed by atoms with E-state index in [9.17, 15) is 15.2 Å². The maximum absolute atomic E-state index is 12.2. The van der Waals surface area contributed by atoms with Gasteiger partial charge in [-0.3, -0.25) is 0 Å². The van der Waals surface area contributed by atoms with E-state index in [2.05, 4.69) is 15.9 Å². The van der Waals surface area contributed by atoms with E-state index in [-0.39, 0.29) is 18.6 Å². The third-order valence-electron chi connectivity index (χ3n) is 5.87. The summed E-state index contributed by atoms with van der Waals surface area (Å²) in [5.41, 5.74) is 5.15. The average molecular weight is 408 g/mol. The van der Waals surface area contributed by atoms with Crippen LogP contribution in [0.3, 0.4) is 0 Å². The minimum absolute atomic E-state index is 0.0400. The predicted molar refractivity (Wildman–Crippen MR) is 118 cm³/mol. The first-order valence-electron chi connectivity index (χ1n) is 10.3. The Bertz CT molecular complexity index is 943.